The summed E-state index contributed by atoms with van der Waals surface area (Å²) in [6, 6.07) is 0.902. The van der Waals surface area contributed by atoms with Crippen LogP contribution in [0.4, 0.5) is 0 Å². The number of carbonyl (C=O) groups excluding carboxylic acids is 1. The Morgan fingerprint density at radius 3 is 2.36 bits per heavy atom. The Hall–Kier alpha value is -0.573. The predicted octanol–water partition coefficient (Wildman–Crippen LogP) is 2.31. The van der Waals surface area contributed by atoms with E-state index in [1.54, 1.807) is 0 Å². The van der Waals surface area contributed by atoms with E-state index < -0.39 is 8.07 Å². The minimum atomic E-state index is -1.15. The maximum Gasteiger partial charge on any atom is 0.422 e. The van der Waals surface area contributed by atoms with E-state index >= 15 is 0 Å². The van der Waals surface area contributed by atoms with E-state index in [0.29, 0.717) is 0 Å². The highest BCUT2D eigenvalue weighted by molar-refractivity contribution is 6.76. The predicted molar refractivity (Wildman–Crippen MR) is 48.7 cm³/mol. The van der Waals surface area contributed by atoms with E-state index in [4.69, 9.17) is 0 Å². The molecule has 1 radical (unpaired) electrons. The fraction of sp³-hybridized carbons (Fsp3) is 0.625. The van der Waals surface area contributed by atoms with Gasteiger partial charge in [-0.15, -0.1) is 0 Å². The van der Waals surface area contributed by atoms with E-state index in [9.17, 15) is 4.79 Å². The molecule has 11 heavy (non-hydrogen) atoms. The molecular formula is C8H15O2Si. The van der Waals surface area contributed by atoms with Gasteiger partial charge in [0.1, 0.15) is 5.76 Å². The summed E-state index contributed by atoms with van der Waals surface area (Å²) in [4.78, 5) is 9.89. The van der Waals surface area contributed by atoms with Gasteiger partial charge in [0.25, 0.3) is 0 Å². The maximum absolute atomic E-state index is 9.89. The lowest BCUT2D eigenvalue weighted by atomic mass is 10.5. The summed E-state index contributed by atoms with van der Waals surface area (Å²) in [5, 5.41) is 0. The van der Waals surface area contributed by atoms with Crippen molar-refractivity contribution in [2.24, 2.45) is 0 Å². The molecule has 0 N–H and O–H groups in total. The molecule has 0 unspecified atom stereocenters. The second-order valence-electron chi connectivity index (χ2n) is 3.68. The molecule has 0 atom stereocenters. The summed E-state index contributed by atoms with van der Waals surface area (Å²) in [7, 11) is -1.15. The number of rotatable bonds is 4. The van der Waals surface area contributed by atoms with E-state index in [2.05, 4.69) is 24.4 Å². The van der Waals surface area contributed by atoms with Gasteiger partial charge >= 0.3 is 6.47 Å². The van der Waals surface area contributed by atoms with Crippen LogP contribution in [0.2, 0.25) is 25.7 Å². The van der Waals surface area contributed by atoms with Crippen LogP contribution >= 0.6 is 0 Å². The minimum Gasteiger partial charge on any atom is -0.423 e. The smallest absolute Gasteiger partial charge is 0.422 e. The third kappa shape index (κ3) is 5.85. The summed E-state index contributed by atoms with van der Waals surface area (Å²) in [5.74, 6) is 0.749. The number of hydrogen-bond donors (Lipinski definition) is 0. The SMILES string of the molecule is C/C=C(/C[Si](C)(C)C)O[C]=O. The van der Waals surface area contributed by atoms with Gasteiger partial charge in [0, 0.05) is 6.04 Å². The van der Waals surface area contributed by atoms with Gasteiger partial charge in [-0.2, -0.15) is 0 Å². The van der Waals surface area contributed by atoms with Crippen LogP contribution < -0.4 is 0 Å². The van der Waals surface area contributed by atoms with E-state index in [1.807, 2.05) is 13.0 Å². The molecule has 0 rings (SSSR count). The van der Waals surface area contributed by atoms with Gasteiger partial charge in [-0.1, -0.05) is 19.6 Å². The number of ether oxygens (including phenoxy) is 1. The van der Waals surface area contributed by atoms with Crippen molar-refractivity contribution in [1.29, 1.82) is 0 Å². The monoisotopic (exact) mass is 171 g/mol. The molecule has 2 nitrogen and oxygen atoms in total. The number of allylic oxidation sites excluding steroid dienone is 2. The van der Waals surface area contributed by atoms with Crippen LogP contribution in [0.25, 0.3) is 0 Å². The molecule has 0 aromatic heterocycles. The van der Waals surface area contributed by atoms with E-state index in [1.165, 1.54) is 6.47 Å². The third-order valence-electron chi connectivity index (χ3n) is 1.20. The molecule has 0 aromatic carbocycles. The van der Waals surface area contributed by atoms with Crippen molar-refractivity contribution >= 4 is 14.5 Å². The molecule has 0 spiro atoms. The van der Waals surface area contributed by atoms with Gasteiger partial charge in [0.15, 0.2) is 0 Å². The highest BCUT2D eigenvalue weighted by Crippen LogP contribution is 2.15. The lowest BCUT2D eigenvalue weighted by Crippen LogP contribution is -2.20. The van der Waals surface area contributed by atoms with Gasteiger partial charge in [-0.05, 0) is 13.0 Å². The Balaban J connectivity index is 4.00. The molecule has 0 aliphatic carbocycles. The van der Waals surface area contributed by atoms with Crippen LogP contribution in [0.1, 0.15) is 6.92 Å². The Kier molecular flexibility index (Phi) is 4.11. The van der Waals surface area contributed by atoms with Crippen molar-refractivity contribution in [3.05, 3.63) is 11.8 Å². The Morgan fingerprint density at radius 1 is 1.55 bits per heavy atom. The summed E-state index contributed by atoms with van der Waals surface area (Å²) in [6.07, 6.45) is 1.82. The van der Waals surface area contributed by atoms with Crippen LogP contribution in [0.5, 0.6) is 0 Å². The zero-order chi connectivity index (χ0) is 8.91. The van der Waals surface area contributed by atoms with Crippen LogP contribution in [0.3, 0.4) is 0 Å². The molecule has 0 bridgehead atoms. The largest absolute Gasteiger partial charge is 0.423 e. The first-order valence-corrected chi connectivity index (χ1v) is 7.39. The van der Waals surface area contributed by atoms with Gasteiger partial charge in [0.05, 0.1) is 8.07 Å². The van der Waals surface area contributed by atoms with E-state index in [0.717, 1.165) is 11.8 Å². The van der Waals surface area contributed by atoms with Crippen molar-refractivity contribution in [3.63, 3.8) is 0 Å². The Morgan fingerprint density at radius 2 is 2.09 bits per heavy atom. The average molecular weight is 171 g/mol. The average Bonchev–Trinajstić information content (AvgIpc) is 1.84. The second-order valence-corrected chi connectivity index (χ2v) is 9.15. The molecule has 0 amide bonds. The first-order valence-electron chi connectivity index (χ1n) is 3.69. The first-order chi connectivity index (χ1) is 4.99. The zero-order valence-corrected chi connectivity index (χ0v) is 8.60. The van der Waals surface area contributed by atoms with Crippen LogP contribution in [0.15, 0.2) is 11.8 Å². The molecule has 0 aromatic rings. The first kappa shape index (κ1) is 10.4. The van der Waals surface area contributed by atoms with Crippen molar-refractivity contribution in [1.82, 2.24) is 0 Å². The molecule has 0 aliphatic heterocycles. The van der Waals surface area contributed by atoms with Gasteiger partial charge in [0.2, 0.25) is 0 Å². The molecule has 3 heteroatoms. The van der Waals surface area contributed by atoms with Crippen molar-refractivity contribution in [3.8, 4) is 0 Å². The Labute approximate surface area is 69.3 Å². The molecular weight excluding hydrogens is 156 g/mol. The molecule has 0 saturated heterocycles. The second kappa shape index (κ2) is 4.33. The third-order valence-corrected chi connectivity index (χ3v) is 2.61. The molecule has 0 fully saturated rings. The highest BCUT2D eigenvalue weighted by atomic mass is 28.3. The highest BCUT2D eigenvalue weighted by Gasteiger charge is 2.15. The van der Waals surface area contributed by atoms with Crippen molar-refractivity contribution in [2.45, 2.75) is 32.6 Å². The van der Waals surface area contributed by atoms with Crippen LogP contribution in [0, 0.1) is 0 Å². The summed E-state index contributed by atoms with van der Waals surface area (Å²) in [6.45, 7) is 9.99. The van der Waals surface area contributed by atoms with Gasteiger partial charge < -0.3 is 4.74 Å². The standard InChI is InChI=1S/C8H15O2Si/c1-5-8(10-7-9)6-11(2,3)4/h5H,6H2,1-4H3/b8-5-. The quantitative estimate of drug-likeness (QED) is 0.479. The van der Waals surface area contributed by atoms with Crippen LogP contribution in [-0.4, -0.2) is 14.5 Å². The van der Waals surface area contributed by atoms with Gasteiger partial charge in [-0.3, -0.25) is 0 Å². The van der Waals surface area contributed by atoms with Crippen molar-refractivity contribution in [2.75, 3.05) is 0 Å². The van der Waals surface area contributed by atoms with Crippen molar-refractivity contribution < 1.29 is 9.53 Å². The Bertz CT molecular complexity index is 156. The van der Waals surface area contributed by atoms with E-state index in [-0.39, 0.29) is 0 Å². The topological polar surface area (TPSA) is 26.3 Å². The summed E-state index contributed by atoms with van der Waals surface area (Å²) >= 11 is 0. The fourth-order valence-corrected chi connectivity index (χ4v) is 2.09. The summed E-state index contributed by atoms with van der Waals surface area (Å²) in [5.41, 5.74) is 0. The van der Waals surface area contributed by atoms with Crippen LogP contribution in [-0.2, 0) is 9.53 Å². The van der Waals surface area contributed by atoms with Gasteiger partial charge in [-0.25, -0.2) is 4.79 Å². The summed E-state index contributed by atoms with van der Waals surface area (Å²) < 4.78 is 4.66. The molecule has 0 saturated carbocycles. The molecule has 63 valence electrons. The fourth-order valence-electron chi connectivity index (χ4n) is 0.773. The minimum absolute atomic E-state index is 0.749. The molecule has 0 aliphatic rings. The lowest BCUT2D eigenvalue weighted by Gasteiger charge is -2.15. The lowest BCUT2D eigenvalue weighted by molar-refractivity contribution is 0.362. The molecule has 0 heterocycles. The normalized spacial score (nSPS) is 12.9. The zero-order valence-electron chi connectivity index (χ0n) is 7.60. The maximum atomic E-state index is 9.89. The number of hydrogen-bond acceptors (Lipinski definition) is 2.